The summed E-state index contributed by atoms with van der Waals surface area (Å²) in [6.07, 6.45) is 0. The zero-order chi connectivity index (χ0) is 16.1. The van der Waals surface area contributed by atoms with E-state index < -0.39 is 0 Å². The Balaban J connectivity index is 2.05. The van der Waals surface area contributed by atoms with Gasteiger partial charge in [-0.25, -0.2) is 0 Å². The maximum absolute atomic E-state index is 12.2. The minimum absolute atomic E-state index is 0.188. The number of amides is 1. The Morgan fingerprint density at radius 2 is 2.05 bits per heavy atom. The molecule has 0 fully saturated rings. The van der Waals surface area contributed by atoms with Crippen LogP contribution in [0.25, 0.3) is 0 Å². The molecule has 0 saturated heterocycles. The van der Waals surface area contributed by atoms with Crippen molar-refractivity contribution in [3.8, 4) is 5.75 Å². The fourth-order valence-electron chi connectivity index (χ4n) is 1.71. The summed E-state index contributed by atoms with van der Waals surface area (Å²) in [5, 5.41) is 6.09. The van der Waals surface area contributed by atoms with Crippen molar-refractivity contribution in [1.82, 2.24) is 5.32 Å². The highest BCUT2D eigenvalue weighted by Gasteiger charge is 2.12. The van der Waals surface area contributed by atoms with Crippen molar-refractivity contribution in [1.29, 1.82) is 0 Å². The SMILES string of the molecule is COc1cccc(NC(=S)NC(=O)c2cc(I)ccc2Cl)c1. The molecule has 0 spiro atoms. The summed E-state index contributed by atoms with van der Waals surface area (Å²) in [4.78, 5) is 12.2. The molecule has 0 aliphatic rings. The maximum Gasteiger partial charge on any atom is 0.258 e. The lowest BCUT2D eigenvalue weighted by atomic mass is 10.2. The molecule has 22 heavy (non-hydrogen) atoms. The van der Waals surface area contributed by atoms with Crippen molar-refractivity contribution >= 4 is 63.1 Å². The van der Waals surface area contributed by atoms with Gasteiger partial charge in [0, 0.05) is 15.3 Å². The third kappa shape index (κ3) is 4.56. The summed E-state index contributed by atoms with van der Waals surface area (Å²) in [6.45, 7) is 0. The number of hydrogen-bond acceptors (Lipinski definition) is 3. The highest BCUT2D eigenvalue weighted by Crippen LogP contribution is 2.19. The van der Waals surface area contributed by atoms with Crippen LogP contribution in [0, 0.1) is 3.57 Å². The number of ether oxygens (including phenoxy) is 1. The van der Waals surface area contributed by atoms with E-state index in [1.165, 1.54) is 0 Å². The van der Waals surface area contributed by atoms with Gasteiger partial charge in [-0.15, -0.1) is 0 Å². The molecule has 0 radical (unpaired) electrons. The van der Waals surface area contributed by atoms with E-state index in [0.717, 1.165) is 9.26 Å². The van der Waals surface area contributed by atoms with Gasteiger partial charge >= 0.3 is 0 Å². The highest BCUT2D eigenvalue weighted by atomic mass is 127. The first-order chi connectivity index (χ1) is 10.5. The average molecular weight is 447 g/mol. The summed E-state index contributed by atoms with van der Waals surface area (Å²) in [5.41, 5.74) is 1.10. The minimum atomic E-state index is -0.357. The first-order valence-electron chi connectivity index (χ1n) is 6.21. The number of hydrogen-bond donors (Lipinski definition) is 2. The van der Waals surface area contributed by atoms with Crippen molar-refractivity contribution in [2.75, 3.05) is 12.4 Å². The first-order valence-corrected chi connectivity index (χ1v) is 8.07. The second-order valence-electron chi connectivity index (χ2n) is 4.26. The van der Waals surface area contributed by atoms with E-state index in [0.29, 0.717) is 16.3 Å². The van der Waals surface area contributed by atoms with Crippen LogP contribution in [-0.4, -0.2) is 18.1 Å². The van der Waals surface area contributed by atoms with Crippen molar-refractivity contribution in [3.05, 3.63) is 56.6 Å². The number of anilines is 1. The van der Waals surface area contributed by atoms with E-state index in [9.17, 15) is 4.79 Å². The molecule has 2 rings (SSSR count). The van der Waals surface area contributed by atoms with Crippen LogP contribution in [0.4, 0.5) is 5.69 Å². The van der Waals surface area contributed by atoms with Crippen molar-refractivity contribution in [2.45, 2.75) is 0 Å². The second kappa shape index (κ2) is 7.75. The lowest BCUT2D eigenvalue weighted by Gasteiger charge is -2.11. The molecule has 114 valence electrons. The van der Waals surface area contributed by atoms with Gasteiger partial charge in [-0.05, 0) is 65.1 Å². The Hall–Kier alpha value is -1.38. The summed E-state index contributed by atoms with van der Waals surface area (Å²) < 4.78 is 6.04. The van der Waals surface area contributed by atoms with Gasteiger partial charge in [-0.3, -0.25) is 10.1 Å². The number of carbonyl (C=O) groups excluding carboxylic acids is 1. The zero-order valence-corrected chi connectivity index (χ0v) is 15.3. The quantitative estimate of drug-likeness (QED) is 0.551. The molecule has 2 aromatic rings. The van der Waals surface area contributed by atoms with Crippen LogP contribution in [0.2, 0.25) is 5.02 Å². The fraction of sp³-hybridized carbons (Fsp3) is 0.0667. The lowest BCUT2D eigenvalue weighted by molar-refractivity contribution is 0.0978. The molecule has 0 unspecified atom stereocenters. The molecule has 0 aromatic heterocycles. The fourth-order valence-corrected chi connectivity index (χ4v) is 2.61. The molecule has 0 aliphatic carbocycles. The van der Waals surface area contributed by atoms with Gasteiger partial charge in [-0.2, -0.15) is 0 Å². The van der Waals surface area contributed by atoms with E-state index in [-0.39, 0.29) is 11.0 Å². The Morgan fingerprint density at radius 1 is 1.27 bits per heavy atom. The summed E-state index contributed by atoms with van der Waals surface area (Å²) in [5.74, 6) is 0.337. The van der Waals surface area contributed by atoms with Gasteiger partial charge in [0.2, 0.25) is 0 Å². The average Bonchev–Trinajstić information content (AvgIpc) is 2.49. The van der Waals surface area contributed by atoms with Gasteiger partial charge in [-0.1, -0.05) is 17.7 Å². The highest BCUT2D eigenvalue weighted by molar-refractivity contribution is 14.1. The van der Waals surface area contributed by atoms with E-state index in [2.05, 4.69) is 33.2 Å². The zero-order valence-electron chi connectivity index (χ0n) is 11.5. The molecule has 2 aromatic carbocycles. The molecular weight excluding hydrogens is 435 g/mol. The monoisotopic (exact) mass is 446 g/mol. The van der Waals surface area contributed by atoms with Gasteiger partial charge in [0.05, 0.1) is 17.7 Å². The van der Waals surface area contributed by atoms with Crippen LogP contribution >= 0.6 is 46.4 Å². The number of benzene rings is 2. The Morgan fingerprint density at radius 3 is 2.77 bits per heavy atom. The van der Waals surface area contributed by atoms with Gasteiger partial charge < -0.3 is 10.1 Å². The number of rotatable bonds is 3. The van der Waals surface area contributed by atoms with E-state index >= 15 is 0 Å². The molecule has 1 amide bonds. The van der Waals surface area contributed by atoms with Gasteiger partial charge in [0.25, 0.3) is 5.91 Å². The van der Waals surface area contributed by atoms with Gasteiger partial charge in [0.1, 0.15) is 5.75 Å². The summed E-state index contributed by atoms with van der Waals surface area (Å²) in [6, 6.07) is 12.4. The Labute approximate surface area is 152 Å². The first kappa shape index (κ1) is 17.0. The van der Waals surface area contributed by atoms with Crippen LogP contribution in [0.1, 0.15) is 10.4 Å². The number of nitrogens with one attached hydrogen (secondary N) is 2. The van der Waals surface area contributed by atoms with Crippen molar-refractivity contribution in [2.24, 2.45) is 0 Å². The lowest BCUT2D eigenvalue weighted by Crippen LogP contribution is -2.34. The number of thiocarbonyl (C=S) groups is 1. The predicted octanol–water partition coefficient (Wildman–Crippen LogP) is 4.08. The normalized spacial score (nSPS) is 9.95. The molecule has 4 nitrogen and oxygen atoms in total. The standard InChI is InChI=1S/C15H12ClIN2O2S/c1-21-11-4-2-3-10(8-11)18-15(22)19-14(20)12-7-9(17)5-6-13(12)16/h2-8H,1H3,(H2,18,19,20,22). The molecular formula is C15H12ClIN2O2S. The molecule has 0 aliphatic heterocycles. The number of carbonyl (C=O) groups is 1. The third-order valence-electron chi connectivity index (χ3n) is 2.73. The molecule has 7 heteroatoms. The largest absolute Gasteiger partial charge is 0.497 e. The van der Waals surface area contributed by atoms with Crippen LogP contribution < -0.4 is 15.4 Å². The molecule has 0 bridgehead atoms. The smallest absolute Gasteiger partial charge is 0.258 e. The Kier molecular flexibility index (Phi) is 5.98. The van der Waals surface area contributed by atoms with Crippen molar-refractivity contribution < 1.29 is 9.53 Å². The van der Waals surface area contributed by atoms with E-state index in [1.54, 1.807) is 25.3 Å². The summed E-state index contributed by atoms with van der Waals surface area (Å²) in [7, 11) is 1.58. The van der Waals surface area contributed by atoms with Crippen LogP contribution in [0.5, 0.6) is 5.75 Å². The predicted molar refractivity (Wildman–Crippen MR) is 101 cm³/mol. The molecule has 2 N–H and O–H groups in total. The molecule has 0 heterocycles. The number of halogens is 2. The molecule has 0 saturated carbocycles. The second-order valence-corrected chi connectivity index (χ2v) is 6.33. The molecule has 0 atom stereocenters. The van der Waals surface area contributed by atoms with Crippen LogP contribution in [0.3, 0.4) is 0 Å². The maximum atomic E-state index is 12.2. The van der Waals surface area contributed by atoms with Crippen LogP contribution in [-0.2, 0) is 0 Å². The van der Waals surface area contributed by atoms with Crippen LogP contribution in [0.15, 0.2) is 42.5 Å². The minimum Gasteiger partial charge on any atom is -0.497 e. The van der Waals surface area contributed by atoms with E-state index in [1.807, 2.05) is 24.3 Å². The van der Waals surface area contributed by atoms with Crippen molar-refractivity contribution in [3.63, 3.8) is 0 Å². The topological polar surface area (TPSA) is 50.4 Å². The summed E-state index contributed by atoms with van der Waals surface area (Å²) >= 11 is 13.3. The Bertz CT molecular complexity index is 724. The third-order valence-corrected chi connectivity index (χ3v) is 3.93. The van der Waals surface area contributed by atoms with Gasteiger partial charge in [0.15, 0.2) is 5.11 Å². The number of methoxy groups -OCH3 is 1. The van der Waals surface area contributed by atoms with E-state index in [4.69, 9.17) is 28.6 Å².